The molecule has 1 atom stereocenters. The molecule has 0 aromatic heterocycles. The Labute approximate surface area is 151 Å². The third-order valence-corrected chi connectivity index (χ3v) is 5.59. The first-order valence-corrected chi connectivity index (χ1v) is 9.43. The molecule has 0 saturated heterocycles. The molecule has 2 rings (SSSR count). The zero-order valence-electron chi connectivity index (χ0n) is 16.3. The Bertz CT molecular complexity index is 634. The quantitative estimate of drug-likeness (QED) is 0.716. The number of hydrogen-bond acceptors (Lipinski definition) is 3. The summed E-state index contributed by atoms with van der Waals surface area (Å²) in [6, 6.07) is 3.87. The number of primary amides is 1. The predicted octanol–water partition coefficient (Wildman–Crippen LogP) is 4.46. The van der Waals surface area contributed by atoms with Gasteiger partial charge in [0.2, 0.25) is 5.91 Å². The molecule has 1 heterocycles. The van der Waals surface area contributed by atoms with Crippen LogP contribution in [0.1, 0.15) is 77.8 Å². The molecule has 1 aromatic rings. The highest BCUT2D eigenvalue weighted by atomic mass is 16.5. The summed E-state index contributed by atoms with van der Waals surface area (Å²) in [5, 5.41) is 10.5. The van der Waals surface area contributed by atoms with Gasteiger partial charge in [-0.05, 0) is 49.8 Å². The van der Waals surface area contributed by atoms with Crippen molar-refractivity contribution in [1.29, 1.82) is 0 Å². The van der Waals surface area contributed by atoms with Gasteiger partial charge in [-0.25, -0.2) is 0 Å². The van der Waals surface area contributed by atoms with E-state index in [2.05, 4.69) is 20.8 Å². The van der Waals surface area contributed by atoms with Crippen molar-refractivity contribution in [3.05, 3.63) is 23.3 Å². The van der Waals surface area contributed by atoms with Crippen molar-refractivity contribution >= 4 is 5.91 Å². The van der Waals surface area contributed by atoms with Crippen molar-refractivity contribution < 1.29 is 14.6 Å². The molecular weight excluding hydrogens is 314 g/mol. The van der Waals surface area contributed by atoms with Crippen LogP contribution in [-0.2, 0) is 16.6 Å². The van der Waals surface area contributed by atoms with Crippen LogP contribution >= 0.6 is 0 Å². The Balaban J connectivity index is 2.28. The topological polar surface area (TPSA) is 72.6 Å². The summed E-state index contributed by atoms with van der Waals surface area (Å²) in [6.07, 6.45) is 6.38. The van der Waals surface area contributed by atoms with E-state index < -0.39 is 17.4 Å². The predicted molar refractivity (Wildman–Crippen MR) is 101 cm³/mol. The lowest BCUT2D eigenvalue weighted by atomic mass is 9.77. The van der Waals surface area contributed by atoms with Gasteiger partial charge in [0.1, 0.15) is 17.1 Å². The highest BCUT2D eigenvalue weighted by Gasteiger charge is 2.42. The van der Waals surface area contributed by atoms with Crippen LogP contribution in [0.3, 0.4) is 0 Å². The van der Waals surface area contributed by atoms with Crippen molar-refractivity contribution in [1.82, 2.24) is 0 Å². The highest BCUT2D eigenvalue weighted by molar-refractivity contribution is 5.79. The van der Waals surface area contributed by atoms with Gasteiger partial charge in [0.05, 0.1) is 5.92 Å². The third kappa shape index (κ3) is 4.28. The van der Waals surface area contributed by atoms with E-state index in [1.165, 1.54) is 25.7 Å². The third-order valence-electron chi connectivity index (χ3n) is 5.59. The Morgan fingerprint density at radius 1 is 1.32 bits per heavy atom. The van der Waals surface area contributed by atoms with E-state index in [0.717, 1.165) is 12.0 Å². The van der Waals surface area contributed by atoms with E-state index in [0.29, 0.717) is 17.7 Å². The number of phenols is 1. The fraction of sp³-hybridized carbons (Fsp3) is 0.667. The van der Waals surface area contributed by atoms with Crippen LogP contribution in [0.25, 0.3) is 0 Å². The second-order valence-corrected chi connectivity index (χ2v) is 8.53. The largest absolute Gasteiger partial charge is 0.508 e. The van der Waals surface area contributed by atoms with Crippen LogP contribution in [-0.4, -0.2) is 16.6 Å². The molecule has 140 valence electrons. The van der Waals surface area contributed by atoms with E-state index in [9.17, 15) is 9.90 Å². The van der Waals surface area contributed by atoms with Crippen molar-refractivity contribution in [3.63, 3.8) is 0 Å². The van der Waals surface area contributed by atoms with Crippen LogP contribution in [0.4, 0.5) is 0 Å². The molecule has 0 bridgehead atoms. The summed E-state index contributed by atoms with van der Waals surface area (Å²) in [5.74, 6) is 0.0456. The molecule has 1 unspecified atom stereocenters. The summed E-state index contributed by atoms with van der Waals surface area (Å²) in [6.45, 7) is 10.4. The summed E-state index contributed by atoms with van der Waals surface area (Å²) in [4.78, 5) is 11.7. The van der Waals surface area contributed by atoms with E-state index in [1.54, 1.807) is 0 Å². The number of benzene rings is 1. The van der Waals surface area contributed by atoms with E-state index in [1.807, 2.05) is 26.0 Å². The molecule has 0 saturated carbocycles. The minimum atomic E-state index is -0.671. The molecule has 25 heavy (non-hydrogen) atoms. The maximum Gasteiger partial charge on any atom is 0.224 e. The van der Waals surface area contributed by atoms with E-state index in [4.69, 9.17) is 10.5 Å². The Morgan fingerprint density at radius 3 is 2.60 bits per heavy atom. The lowest BCUT2D eigenvalue weighted by Crippen LogP contribution is -2.48. The van der Waals surface area contributed by atoms with Gasteiger partial charge in [0.15, 0.2) is 0 Å². The van der Waals surface area contributed by atoms with Crippen LogP contribution in [0, 0.1) is 5.92 Å². The first-order chi connectivity index (χ1) is 11.6. The molecule has 1 amide bonds. The number of rotatable bonds is 7. The Kier molecular flexibility index (Phi) is 5.70. The summed E-state index contributed by atoms with van der Waals surface area (Å²) >= 11 is 0. The molecule has 0 aliphatic carbocycles. The van der Waals surface area contributed by atoms with Gasteiger partial charge < -0.3 is 15.6 Å². The standard InChI is InChI=1S/C21H33NO3/c1-6-7-8-9-10-20(2,3)14-11-17(23)15-13-16(19(22)24)21(4,5)25-18(15)12-14/h11-12,16,23H,6-10,13H2,1-5H3,(H2,22,24). The van der Waals surface area contributed by atoms with Crippen LogP contribution in [0.5, 0.6) is 11.5 Å². The molecule has 1 aliphatic heterocycles. The maximum atomic E-state index is 11.7. The molecule has 4 heteroatoms. The second kappa shape index (κ2) is 7.27. The lowest BCUT2D eigenvalue weighted by Gasteiger charge is -2.39. The van der Waals surface area contributed by atoms with E-state index >= 15 is 0 Å². The van der Waals surface area contributed by atoms with Gasteiger partial charge in [-0.15, -0.1) is 0 Å². The number of ether oxygens (including phenoxy) is 1. The lowest BCUT2D eigenvalue weighted by molar-refractivity contribution is -0.128. The molecule has 0 radical (unpaired) electrons. The number of amides is 1. The first-order valence-electron chi connectivity index (χ1n) is 9.43. The second-order valence-electron chi connectivity index (χ2n) is 8.53. The monoisotopic (exact) mass is 347 g/mol. The number of phenolic OH excluding ortho intramolecular Hbond substituents is 1. The fourth-order valence-electron chi connectivity index (χ4n) is 3.70. The van der Waals surface area contributed by atoms with Crippen molar-refractivity contribution in [2.75, 3.05) is 0 Å². The van der Waals surface area contributed by atoms with Crippen LogP contribution in [0.15, 0.2) is 12.1 Å². The summed E-state index contributed by atoms with van der Waals surface area (Å²) in [5.41, 5.74) is 6.59. The summed E-state index contributed by atoms with van der Waals surface area (Å²) in [7, 11) is 0. The van der Waals surface area contributed by atoms with E-state index in [-0.39, 0.29) is 11.2 Å². The molecular formula is C21H33NO3. The molecule has 1 aliphatic rings. The van der Waals surface area contributed by atoms with Crippen LogP contribution in [0.2, 0.25) is 0 Å². The SMILES string of the molecule is CCCCCCC(C)(C)c1cc(O)c2c(c1)OC(C)(C)C(C(N)=O)C2. The Morgan fingerprint density at radius 2 is 2.00 bits per heavy atom. The average molecular weight is 347 g/mol. The number of aromatic hydroxyl groups is 1. The van der Waals surface area contributed by atoms with Gasteiger partial charge in [-0.1, -0.05) is 46.5 Å². The summed E-state index contributed by atoms with van der Waals surface area (Å²) < 4.78 is 6.09. The minimum Gasteiger partial charge on any atom is -0.508 e. The fourth-order valence-corrected chi connectivity index (χ4v) is 3.70. The number of fused-ring (bicyclic) bond motifs is 1. The molecule has 3 N–H and O–H groups in total. The van der Waals surface area contributed by atoms with Gasteiger partial charge in [0.25, 0.3) is 0 Å². The van der Waals surface area contributed by atoms with Crippen molar-refractivity contribution in [2.45, 2.75) is 84.2 Å². The molecule has 4 nitrogen and oxygen atoms in total. The number of nitrogens with two attached hydrogens (primary N) is 1. The van der Waals surface area contributed by atoms with Gasteiger partial charge >= 0.3 is 0 Å². The normalized spacial score (nSPS) is 19.2. The smallest absolute Gasteiger partial charge is 0.224 e. The average Bonchev–Trinajstić information content (AvgIpc) is 2.49. The minimum absolute atomic E-state index is 0.0334. The molecule has 0 fully saturated rings. The number of carbonyl (C=O) groups excluding carboxylic acids is 1. The first kappa shape index (κ1) is 19.6. The Hall–Kier alpha value is -1.71. The maximum absolute atomic E-state index is 11.7. The zero-order chi connectivity index (χ0) is 18.8. The van der Waals surface area contributed by atoms with Crippen LogP contribution < -0.4 is 10.5 Å². The van der Waals surface area contributed by atoms with Gasteiger partial charge in [0, 0.05) is 5.56 Å². The number of carbonyl (C=O) groups is 1. The van der Waals surface area contributed by atoms with Gasteiger partial charge in [-0.3, -0.25) is 4.79 Å². The van der Waals surface area contributed by atoms with Crippen molar-refractivity contribution in [2.24, 2.45) is 11.7 Å². The molecule has 1 aromatic carbocycles. The van der Waals surface area contributed by atoms with Crippen molar-refractivity contribution in [3.8, 4) is 11.5 Å². The highest BCUT2D eigenvalue weighted by Crippen LogP contribution is 2.44. The molecule has 0 spiro atoms. The number of hydrogen-bond donors (Lipinski definition) is 2. The zero-order valence-corrected chi connectivity index (χ0v) is 16.3. The van der Waals surface area contributed by atoms with Gasteiger partial charge in [-0.2, -0.15) is 0 Å². The number of unbranched alkanes of at least 4 members (excludes halogenated alkanes) is 3.